The first-order chi connectivity index (χ1) is 21.3. The summed E-state index contributed by atoms with van der Waals surface area (Å²) in [5, 5.41) is 5.49. The molecule has 1 aliphatic heterocycles. The molecular formula is C38H21N3O2. The molecule has 10 rings (SSSR count). The van der Waals surface area contributed by atoms with Gasteiger partial charge in [-0.3, -0.25) is 4.57 Å². The van der Waals surface area contributed by atoms with Crippen molar-refractivity contribution >= 4 is 54.6 Å². The Bertz CT molecular complexity index is 2610. The number of furan rings is 1. The molecule has 0 aliphatic carbocycles. The molecule has 0 N–H and O–H groups in total. The smallest absolute Gasteiger partial charge is 0.235 e. The molecule has 5 nitrogen and oxygen atoms in total. The zero-order valence-electron chi connectivity index (χ0n) is 22.8. The largest absolute Gasteiger partial charge is 0.456 e. The van der Waals surface area contributed by atoms with Crippen molar-refractivity contribution in [2.24, 2.45) is 0 Å². The fraction of sp³-hybridized carbons (Fsp3) is 0. The fourth-order valence-electron chi connectivity index (χ4n) is 6.66. The van der Waals surface area contributed by atoms with Crippen LogP contribution in [0.2, 0.25) is 0 Å². The van der Waals surface area contributed by atoms with Crippen LogP contribution in [0, 0.1) is 0 Å². The topological polar surface area (TPSA) is 53.1 Å². The molecule has 3 aromatic heterocycles. The lowest BCUT2D eigenvalue weighted by Crippen LogP contribution is -2.06. The Morgan fingerprint density at radius 2 is 1.26 bits per heavy atom. The van der Waals surface area contributed by atoms with Gasteiger partial charge in [0, 0.05) is 27.1 Å². The second-order valence-corrected chi connectivity index (χ2v) is 11.0. The van der Waals surface area contributed by atoms with Crippen molar-refractivity contribution in [1.29, 1.82) is 0 Å². The third-order valence-corrected chi connectivity index (χ3v) is 8.62. The zero-order chi connectivity index (χ0) is 28.1. The predicted octanol–water partition coefficient (Wildman–Crippen LogP) is 10.1. The highest BCUT2D eigenvalue weighted by Gasteiger charge is 2.24. The number of hydrogen-bond acceptors (Lipinski definition) is 4. The lowest BCUT2D eigenvalue weighted by Gasteiger charge is -2.21. The lowest BCUT2D eigenvalue weighted by molar-refractivity contribution is 0.486. The van der Waals surface area contributed by atoms with Gasteiger partial charge in [-0.15, -0.1) is 0 Å². The van der Waals surface area contributed by atoms with Gasteiger partial charge in [-0.05, 0) is 65.7 Å². The van der Waals surface area contributed by atoms with Crippen LogP contribution in [0.4, 0.5) is 0 Å². The fourth-order valence-corrected chi connectivity index (χ4v) is 6.66. The summed E-state index contributed by atoms with van der Waals surface area (Å²) >= 11 is 0. The first-order valence-corrected chi connectivity index (χ1v) is 14.3. The maximum absolute atomic E-state index is 6.24. The second-order valence-electron chi connectivity index (χ2n) is 11.0. The van der Waals surface area contributed by atoms with Crippen LogP contribution in [0.5, 0.6) is 11.5 Å². The summed E-state index contributed by atoms with van der Waals surface area (Å²) < 4.78 is 14.5. The zero-order valence-corrected chi connectivity index (χ0v) is 22.8. The van der Waals surface area contributed by atoms with Crippen molar-refractivity contribution in [1.82, 2.24) is 14.5 Å². The Morgan fingerprint density at radius 1 is 0.512 bits per heavy atom. The van der Waals surface area contributed by atoms with Gasteiger partial charge in [0.15, 0.2) is 0 Å². The van der Waals surface area contributed by atoms with E-state index in [2.05, 4.69) is 83.4 Å². The van der Waals surface area contributed by atoms with Crippen LogP contribution in [-0.2, 0) is 0 Å². The summed E-state index contributed by atoms with van der Waals surface area (Å²) in [5.41, 5.74) is 8.86. The SMILES string of the molecule is c1ccc2c(c1)Oc1cccc3nc(-n4c5ccccc5c5ccc(-c6ccc7oc8ccccc8c7c6)cc54)nc-2c13. The van der Waals surface area contributed by atoms with Crippen LogP contribution >= 0.6 is 0 Å². The Hall–Kier alpha value is -5.94. The van der Waals surface area contributed by atoms with Gasteiger partial charge in [0.1, 0.15) is 22.7 Å². The highest BCUT2D eigenvalue weighted by Crippen LogP contribution is 2.45. The number of ether oxygens (including phenoxy) is 1. The Kier molecular flexibility index (Phi) is 4.39. The molecule has 0 fully saturated rings. The van der Waals surface area contributed by atoms with Crippen LogP contribution in [0.15, 0.2) is 132 Å². The van der Waals surface area contributed by atoms with E-state index in [1.807, 2.05) is 48.5 Å². The van der Waals surface area contributed by atoms with Crippen molar-refractivity contribution in [3.63, 3.8) is 0 Å². The monoisotopic (exact) mass is 551 g/mol. The van der Waals surface area contributed by atoms with Gasteiger partial charge in [-0.1, -0.05) is 72.8 Å². The third kappa shape index (κ3) is 3.16. The normalized spacial score (nSPS) is 12.4. The summed E-state index contributed by atoms with van der Waals surface area (Å²) in [6, 6.07) is 43.9. The molecule has 0 amide bonds. The minimum Gasteiger partial charge on any atom is -0.456 e. The average Bonchev–Trinajstić information content (AvgIpc) is 3.60. The summed E-state index contributed by atoms with van der Waals surface area (Å²) in [5.74, 6) is 2.22. The number of fused-ring (bicyclic) bond motifs is 8. The summed E-state index contributed by atoms with van der Waals surface area (Å²) in [6.07, 6.45) is 0. The molecule has 4 heterocycles. The Labute approximate surface area is 245 Å². The summed E-state index contributed by atoms with van der Waals surface area (Å²) in [6.45, 7) is 0. The van der Waals surface area contributed by atoms with Gasteiger partial charge in [-0.25, -0.2) is 9.97 Å². The molecular weight excluding hydrogens is 530 g/mol. The number of aromatic nitrogens is 3. The van der Waals surface area contributed by atoms with Gasteiger partial charge in [-0.2, -0.15) is 0 Å². The molecule has 1 aliphatic rings. The van der Waals surface area contributed by atoms with Crippen molar-refractivity contribution in [2.75, 3.05) is 0 Å². The van der Waals surface area contributed by atoms with E-state index in [1.165, 1.54) is 0 Å². The molecule has 200 valence electrons. The van der Waals surface area contributed by atoms with Gasteiger partial charge in [0.25, 0.3) is 0 Å². The van der Waals surface area contributed by atoms with E-state index in [0.717, 1.165) is 88.5 Å². The van der Waals surface area contributed by atoms with E-state index >= 15 is 0 Å². The molecule has 0 saturated carbocycles. The highest BCUT2D eigenvalue weighted by molar-refractivity contribution is 6.11. The van der Waals surface area contributed by atoms with Gasteiger partial charge >= 0.3 is 0 Å². The van der Waals surface area contributed by atoms with Crippen LogP contribution < -0.4 is 4.74 Å². The molecule has 0 unspecified atom stereocenters. The van der Waals surface area contributed by atoms with E-state index in [9.17, 15) is 0 Å². The van der Waals surface area contributed by atoms with E-state index < -0.39 is 0 Å². The van der Waals surface area contributed by atoms with Crippen LogP contribution in [-0.4, -0.2) is 14.5 Å². The molecule has 0 saturated heterocycles. The highest BCUT2D eigenvalue weighted by atomic mass is 16.5. The maximum Gasteiger partial charge on any atom is 0.235 e. The third-order valence-electron chi connectivity index (χ3n) is 8.62. The number of para-hydroxylation sites is 3. The van der Waals surface area contributed by atoms with Crippen molar-refractivity contribution in [3.05, 3.63) is 127 Å². The van der Waals surface area contributed by atoms with Crippen molar-refractivity contribution < 1.29 is 9.15 Å². The minimum atomic E-state index is 0.635. The van der Waals surface area contributed by atoms with Crippen LogP contribution in [0.25, 0.3) is 83.0 Å². The molecule has 5 heteroatoms. The molecule has 6 aromatic carbocycles. The predicted molar refractivity (Wildman–Crippen MR) is 172 cm³/mol. The van der Waals surface area contributed by atoms with Gasteiger partial charge in [0.05, 0.1) is 27.6 Å². The van der Waals surface area contributed by atoms with Crippen LogP contribution in [0.3, 0.4) is 0 Å². The van der Waals surface area contributed by atoms with Gasteiger partial charge in [0.2, 0.25) is 5.95 Å². The number of nitrogens with zero attached hydrogens (tertiary/aromatic N) is 3. The van der Waals surface area contributed by atoms with E-state index in [1.54, 1.807) is 0 Å². The minimum absolute atomic E-state index is 0.635. The van der Waals surface area contributed by atoms with Crippen LogP contribution in [0.1, 0.15) is 0 Å². The Morgan fingerprint density at radius 3 is 2.23 bits per heavy atom. The number of benzene rings is 6. The first-order valence-electron chi connectivity index (χ1n) is 14.3. The summed E-state index contributed by atoms with van der Waals surface area (Å²) in [4.78, 5) is 10.4. The van der Waals surface area contributed by atoms with Crippen molar-refractivity contribution in [3.8, 4) is 39.8 Å². The van der Waals surface area contributed by atoms with E-state index in [0.29, 0.717) is 5.95 Å². The standard InChI is InChI=1S/C38H21N3O2/c1-4-12-30-24(8-1)25-18-16-23(22-17-19-34-28(20-22)26-9-2-5-13-32(26)42-34)21-31(25)41(30)38-39-29-11-7-15-35-36(29)37(40-38)27-10-3-6-14-33(27)43-35/h1-21H. The molecule has 0 bridgehead atoms. The molecule has 43 heavy (non-hydrogen) atoms. The van der Waals surface area contributed by atoms with E-state index in [4.69, 9.17) is 19.1 Å². The number of rotatable bonds is 2. The maximum atomic E-state index is 6.24. The molecule has 9 aromatic rings. The average molecular weight is 552 g/mol. The van der Waals surface area contributed by atoms with E-state index in [-0.39, 0.29) is 0 Å². The van der Waals surface area contributed by atoms with Crippen molar-refractivity contribution in [2.45, 2.75) is 0 Å². The Balaban J connectivity index is 1.25. The van der Waals surface area contributed by atoms with Gasteiger partial charge < -0.3 is 9.15 Å². The quantitative estimate of drug-likeness (QED) is 0.214. The lowest BCUT2D eigenvalue weighted by atomic mass is 10.0. The first kappa shape index (κ1) is 22.7. The molecule has 0 atom stereocenters. The second kappa shape index (κ2) is 8.30. The molecule has 0 spiro atoms. The summed E-state index contributed by atoms with van der Waals surface area (Å²) in [7, 11) is 0. The molecule has 0 radical (unpaired) electrons. The number of hydrogen-bond donors (Lipinski definition) is 0.